The molecule has 4 N–H and O–H groups in total. The van der Waals surface area contributed by atoms with E-state index in [-0.39, 0.29) is 11.5 Å². The summed E-state index contributed by atoms with van der Waals surface area (Å²) in [5.74, 6) is 1.90. The van der Waals surface area contributed by atoms with Gasteiger partial charge in [-0.2, -0.15) is 0 Å². The van der Waals surface area contributed by atoms with Gasteiger partial charge in [0.05, 0.1) is 0 Å². The van der Waals surface area contributed by atoms with E-state index >= 15 is 0 Å². The first-order chi connectivity index (χ1) is 28.1. The molecule has 0 saturated heterocycles. The van der Waals surface area contributed by atoms with Crippen molar-refractivity contribution in [1.29, 1.82) is 0 Å². The van der Waals surface area contributed by atoms with Crippen LogP contribution in [0.25, 0.3) is 22.3 Å². The SMILES string of the molecule is CC(CCC(C)(c1ccc(O)c(C2CCCCC2)c1)c1ccc(O)c(C2CCCCC2)c1)(c1ccc(O)c(-c2ccccc2)c1)c1ccc(O)c(-c2ccccc2)c1. The summed E-state index contributed by atoms with van der Waals surface area (Å²) in [7, 11) is 0. The third-order valence-corrected chi connectivity index (χ3v) is 14.0. The second-order valence-electron chi connectivity index (χ2n) is 17.6. The molecule has 6 aromatic rings. The van der Waals surface area contributed by atoms with Crippen LogP contribution in [0.5, 0.6) is 23.0 Å². The van der Waals surface area contributed by atoms with Crippen molar-refractivity contribution in [3.05, 3.63) is 167 Å². The minimum atomic E-state index is -0.568. The Kier molecular flexibility index (Phi) is 11.4. The Morgan fingerprint density at radius 1 is 0.397 bits per heavy atom. The van der Waals surface area contributed by atoms with Crippen molar-refractivity contribution in [3.8, 4) is 45.3 Å². The van der Waals surface area contributed by atoms with Crippen LogP contribution in [0.15, 0.2) is 133 Å². The minimum absolute atomic E-state index is 0.233. The van der Waals surface area contributed by atoms with Gasteiger partial charge in [-0.25, -0.2) is 0 Å². The number of phenols is 4. The van der Waals surface area contributed by atoms with Crippen molar-refractivity contribution in [3.63, 3.8) is 0 Å². The molecule has 298 valence electrons. The van der Waals surface area contributed by atoms with Crippen LogP contribution in [0.1, 0.15) is 136 Å². The second kappa shape index (κ2) is 16.8. The van der Waals surface area contributed by atoms with Crippen LogP contribution in [0.3, 0.4) is 0 Å². The molecule has 0 amide bonds. The fourth-order valence-corrected chi connectivity index (χ4v) is 10.1. The van der Waals surface area contributed by atoms with Gasteiger partial charge in [0.15, 0.2) is 0 Å². The lowest BCUT2D eigenvalue weighted by Gasteiger charge is -2.39. The van der Waals surface area contributed by atoms with Crippen LogP contribution in [-0.2, 0) is 10.8 Å². The first-order valence-electron chi connectivity index (χ1n) is 21.6. The van der Waals surface area contributed by atoms with Gasteiger partial charge in [0.1, 0.15) is 23.0 Å². The summed E-state index contributed by atoms with van der Waals surface area (Å²) < 4.78 is 0. The quantitative estimate of drug-likeness (QED) is 0.106. The molecule has 0 radical (unpaired) electrons. The van der Waals surface area contributed by atoms with Crippen molar-refractivity contribution in [2.24, 2.45) is 0 Å². The van der Waals surface area contributed by atoms with E-state index in [4.69, 9.17) is 0 Å². The predicted molar refractivity (Wildman–Crippen MR) is 237 cm³/mol. The van der Waals surface area contributed by atoms with Gasteiger partial charge < -0.3 is 20.4 Å². The smallest absolute Gasteiger partial charge is 0.123 e. The summed E-state index contributed by atoms with van der Waals surface area (Å²) in [5, 5.41) is 45.2. The normalized spacial score (nSPS) is 15.7. The van der Waals surface area contributed by atoms with E-state index in [0.717, 1.165) is 83.0 Å². The molecule has 8 rings (SSSR count). The first-order valence-corrected chi connectivity index (χ1v) is 21.6. The predicted octanol–water partition coefficient (Wildman–Crippen LogP) is 14.0. The number of benzene rings is 6. The Morgan fingerprint density at radius 2 is 0.724 bits per heavy atom. The zero-order chi connectivity index (χ0) is 40.3. The van der Waals surface area contributed by atoms with Crippen LogP contribution in [-0.4, -0.2) is 20.4 Å². The van der Waals surface area contributed by atoms with Gasteiger partial charge in [0, 0.05) is 22.0 Å². The average Bonchev–Trinajstić information content (AvgIpc) is 3.27. The van der Waals surface area contributed by atoms with Crippen molar-refractivity contribution in [1.82, 2.24) is 0 Å². The molecule has 4 nitrogen and oxygen atoms in total. The van der Waals surface area contributed by atoms with Gasteiger partial charge in [-0.15, -0.1) is 0 Å². The van der Waals surface area contributed by atoms with Crippen LogP contribution in [0.2, 0.25) is 0 Å². The lowest BCUT2D eigenvalue weighted by molar-refractivity contribution is 0.398. The molecule has 2 aliphatic carbocycles. The maximum Gasteiger partial charge on any atom is 0.123 e. The lowest BCUT2D eigenvalue weighted by Crippen LogP contribution is -2.31. The van der Waals surface area contributed by atoms with Crippen LogP contribution in [0, 0.1) is 0 Å². The number of hydrogen-bond acceptors (Lipinski definition) is 4. The van der Waals surface area contributed by atoms with Crippen molar-refractivity contribution < 1.29 is 20.4 Å². The van der Waals surface area contributed by atoms with Crippen molar-refractivity contribution in [2.75, 3.05) is 0 Å². The van der Waals surface area contributed by atoms with Gasteiger partial charge in [-0.1, -0.05) is 149 Å². The Balaban J connectivity index is 1.29. The Bertz CT molecular complexity index is 2180. The first kappa shape index (κ1) is 39.4. The minimum Gasteiger partial charge on any atom is -0.508 e. The number of aromatic hydroxyl groups is 4. The molecule has 0 bridgehead atoms. The van der Waals surface area contributed by atoms with Gasteiger partial charge in [-0.3, -0.25) is 0 Å². The Morgan fingerprint density at radius 3 is 1.09 bits per heavy atom. The molecule has 0 aliphatic heterocycles. The van der Waals surface area contributed by atoms with Gasteiger partial charge in [0.2, 0.25) is 0 Å². The summed E-state index contributed by atoms with van der Waals surface area (Å²) in [5.41, 5.74) is 8.96. The number of hydrogen-bond donors (Lipinski definition) is 4. The highest BCUT2D eigenvalue weighted by Gasteiger charge is 2.38. The molecule has 0 unspecified atom stereocenters. The summed E-state index contributed by atoms with van der Waals surface area (Å²) in [6.07, 6.45) is 13.1. The van der Waals surface area contributed by atoms with Gasteiger partial charge in [0.25, 0.3) is 0 Å². The summed E-state index contributed by atoms with van der Waals surface area (Å²) in [6.45, 7) is 4.64. The molecule has 2 aliphatic rings. The molecule has 0 aromatic heterocycles. The lowest BCUT2D eigenvalue weighted by atomic mass is 9.65. The molecule has 0 heterocycles. The van der Waals surface area contributed by atoms with E-state index in [1.807, 2.05) is 84.9 Å². The zero-order valence-corrected chi connectivity index (χ0v) is 34.1. The molecule has 2 fully saturated rings. The summed E-state index contributed by atoms with van der Waals surface area (Å²) in [4.78, 5) is 0. The maximum atomic E-state index is 11.3. The van der Waals surface area contributed by atoms with Crippen molar-refractivity contribution in [2.45, 2.75) is 114 Å². The third-order valence-electron chi connectivity index (χ3n) is 14.0. The van der Waals surface area contributed by atoms with Crippen LogP contribution < -0.4 is 0 Å². The fraction of sp³-hybridized carbons (Fsp3) is 0.333. The van der Waals surface area contributed by atoms with Gasteiger partial charge in [-0.05, 0) is 131 Å². The maximum absolute atomic E-state index is 11.3. The summed E-state index contributed by atoms with van der Waals surface area (Å²) in [6, 6.07) is 44.8. The summed E-state index contributed by atoms with van der Waals surface area (Å²) >= 11 is 0. The van der Waals surface area contributed by atoms with Gasteiger partial charge >= 0.3 is 0 Å². The fourth-order valence-electron chi connectivity index (χ4n) is 10.1. The van der Waals surface area contributed by atoms with Crippen LogP contribution >= 0.6 is 0 Å². The highest BCUT2D eigenvalue weighted by atomic mass is 16.3. The zero-order valence-electron chi connectivity index (χ0n) is 34.1. The highest BCUT2D eigenvalue weighted by Crippen LogP contribution is 2.49. The van der Waals surface area contributed by atoms with E-state index in [1.165, 1.54) is 49.7 Å². The monoisotopic (exact) mass is 770 g/mol. The molecular formula is C54H58O4. The van der Waals surface area contributed by atoms with E-state index in [2.05, 4.69) is 62.4 Å². The molecule has 0 spiro atoms. The van der Waals surface area contributed by atoms with E-state index in [1.54, 1.807) is 0 Å². The molecule has 6 aromatic carbocycles. The molecular weight excluding hydrogens is 713 g/mol. The molecule has 2 saturated carbocycles. The second-order valence-corrected chi connectivity index (χ2v) is 17.6. The van der Waals surface area contributed by atoms with Crippen LogP contribution in [0.4, 0.5) is 0 Å². The van der Waals surface area contributed by atoms with E-state index < -0.39 is 10.8 Å². The molecule has 4 heteroatoms. The topological polar surface area (TPSA) is 80.9 Å². The molecule has 58 heavy (non-hydrogen) atoms. The van der Waals surface area contributed by atoms with Crippen molar-refractivity contribution >= 4 is 0 Å². The highest BCUT2D eigenvalue weighted by molar-refractivity contribution is 5.73. The third kappa shape index (κ3) is 7.86. The van der Waals surface area contributed by atoms with E-state index in [0.29, 0.717) is 23.3 Å². The number of phenolic OH excluding ortho intramolecular Hbond substituents is 4. The standard InChI is InChI=1S/C54H58O4/c1-53(41-23-27-49(55)45(33-41)37-15-7-3-8-16-37,42-24-28-50(56)46(34-42)38-17-9-4-10-18-38)31-32-54(2,43-25-29-51(57)47(35-43)39-19-11-5-12-20-39)44-26-30-52(58)48(36-44)40-21-13-6-14-22-40/h3-4,7-10,15-18,23-30,33-36,39-40,55-58H,5-6,11-14,19-22,31-32H2,1-2H3. The Labute approximate surface area is 344 Å². The molecule has 0 atom stereocenters. The Hall–Kier alpha value is -5.48. The largest absolute Gasteiger partial charge is 0.508 e. The number of rotatable bonds is 11. The van der Waals surface area contributed by atoms with E-state index in [9.17, 15) is 20.4 Å². The average molecular weight is 771 g/mol.